The Bertz CT molecular complexity index is 304. The maximum Gasteiger partial charge on any atom is 0.118 e. The van der Waals surface area contributed by atoms with E-state index in [1.54, 1.807) is 0 Å². The first-order valence-electron chi connectivity index (χ1n) is 5.76. The molecule has 0 unspecified atom stereocenters. The summed E-state index contributed by atoms with van der Waals surface area (Å²) in [5.41, 5.74) is 1.27. The van der Waals surface area contributed by atoms with Crippen LogP contribution in [0.5, 0.6) is 0 Å². The number of hydrogen-bond donors (Lipinski definition) is 1. The van der Waals surface area contributed by atoms with Gasteiger partial charge in [0.1, 0.15) is 5.76 Å². The van der Waals surface area contributed by atoms with Crippen LogP contribution in [0.1, 0.15) is 31.1 Å². The first-order valence-corrected chi connectivity index (χ1v) is 5.76. The van der Waals surface area contributed by atoms with Gasteiger partial charge in [0.2, 0.25) is 0 Å². The van der Waals surface area contributed by atoms with Crippen molar-refractivity contribution in [1.82, 2.24) is 10.2 Å². The van der Waals surface area contributed by atoms with Gasteiger partial charge in [0, 0.05) is 18.2 Å². The van der Waals surface area contributed by atoms with Crippen molar-refractivity contribution < 1.29 is 4.42 Å². The van der Waals surface area contributed by atoms with Crippen molar-refractivity contribution >= 4 is 0 Å². The molecule has 1 heterocycles. The largest absolute Gasteiger partial charge is 0.468 e. The third-order valence-electron chi connectivity index (χ3n) is 2.85. The van der Waals surface area contributed by atoms with E-state index < -0.39 is 0 Å². The first-order chi connectivity index (χ1) is 7.28. The summed E-state index contributed by atoms with van der Waals surface area (Å²) >= 11 is 0. The lowest BCUT2D eigenvalue weighted by Crippen LogP contribution is -2.16. The Morgan fingerprint density at radius 1 is 1.53 bits per heavy atom. The Hall–Kier alpha value is -0.800. The molecule has 1 aromatic rings. The number of rotatable bonds is 6. The third kappa shape index (κ3) is 3.36. The van der Waals surface area contributed by atoms with Gasteiger partial charge in [-0.15, -0.1) is 0 Å². The Morgan fingerprint density at radius 3 is 3.00 bits per heavy atom. The monoisotopic (exact) mass is 208 g/mol. The summed E-state index contributed by atoms with van der Waals surface area (Å²) in [6.45, 7) is 5.05. The van der Waals surface area contributed by atoms with Gasteiger partial charge in [0.05, 0.1) is 12.8 Å². The molecule has 84 valence electrons. The highest BCUT2D eigenvalue weighted by Crippen LogP contribution is 2.19. The zero-order valence-corrected chi connectivity index (χ0v) is 9.62. The van der Waals surface area contributed by atoms with E-state index >= 15 is 0 Å². The fourth-order valence-electron chi connectivity index (χ4n) is 1.53. The number of hydrogen-bond acceptors (Lipinski definition) is 3. The number of furan rings is 1. The van der Waals surface area contributed by atoms with Crippen LogP contribution < -0.4 is 5.32 Å². The molecule has 0 aromatic carbocycles. The molecule has 3 nitrogen and oxygen atoms in total. The van der Waals surface area contributed by atoms with Crippen LogP contribution in [-0.4, -0.2) is 24.5 Å². The van der Waals surface area contributed by atoms with Crippen molar-refractivity contribution in [1.29, 1.82) is 0 Å². The molecule has 0 bridgehead atoms. The lowest BCUT2D eigenvalue weighted by molar-refractivity contribution is 0.309. The molecule has 1 fully saturated rings. The van der Waals surface area contributed by atoms with Gasteiger partial charge in [-0.2, -0.15) is 0 Å². The molecule has 0 amide bonds. The second-order valence-electron chi connectivity index (χ2n) is 4.41. The Morgan fingerprint density at radius 2 is 2.33 bits per heavy atom. The maximum atomic E-state index is 5.51. The second kappa shape index (κ2) is 4.81. The van der Waals surface area contributed by atoms with Crippen molar-refractivity contribution in [2.24, 2.45) is 0 Å². The quantitative estimate of drug-likeness (QED) is 0.775. The summed E-state index contributed by atoms with van der Waals surface area (Å²) in [4.78, 5) is 2.23. The fraction of sp³-hybridized carbons (Fsp3) is 0.667. The van der Waals surface area contributed by atoms with Gasteiger partial charge < -0.3 is 9.73 Å². The molecule has 1 aliphatic carbocycles. The lowest BCUT2D eigenvalue weighted by Gasteiger charge is -2.10. The van der Waals surface area contributed by atoms with Crippen molar-refractivity contribution in [2.45, 2.75) is 38.9 Å². The standard InChI is InChI=1S/C12H20N2O/c1-3-14(2)8-12-6-10(9-15-12)7-13-11-4-5-11/h6,9,11,13H,3-5,7-8H2,1-2H3. The van der Waals surface area contributed by atoms with Crippen LogP contribution in [-0.2, 0) is 13.1 Å². The van der Waals surface area contributed by atoms with E-state index in [0.717, 1.165) is 31.4 Å². The smallest absolute Gasteiger partial charge is 0.118 e. The Balaban J connectivity index is 1.79. The SMILES string of the molecule is CCN(C)Cc1cc(CNC2CC2)co1. The summed E-state index contributed by atoms with van der Waals surface area (Å²) in [7, 11) is 2.10. The van der Waals surface area contributed by atoms with E-state index in [1.807, 2.05) is 6.26 Å². The normalized spacial score (nSPS) is 16.2. The van der Waals surface area contributed by atoms with Crippen LogP contribution in [0.3, 0.4) is 0 Å². The van der Waals surface area contributed by atoms with Crippen molar-refractivity contribution in [3.8, 4) is 0 Å². The van der Waals surface area contributed by atoms with Crippen molar-refractivity contribution in [2.75, 3.05) is 13.6 Å². The third-order valence-corrected chi connectivity index (χ3v) is 2.85. The van der Waals surface area contributed by atoms with Crippen LogP contribution >= 0.6 is 0 Å². The van der Waals surface area contributed by atoms with Crippen molar-refractivity contribution in [3.63, 3.8) is 0 Å². The second-order valence-corrected chi connectivity index (χ2v) is 4.41. The molecular weight excluding hydrogens is 188 g/mol. The molecule has 0 saturated heterocycles. The average molecular weight is 208 g/mol. The van der Waals surface area contributed by atoms with Gasteiger partial charge in [-0.05, 0) is 32.5 Å². The summed E-state index contributed by atoms with van der Waals surface area (Å²) in [6, 6.07) is 2.92. The van der Waals surface area contributed by atoms with Gasteiger partial charge in [0.25, 0.3) is 0 Å². The minimum absolute atomic E-state index is 0.765. The molecule has 1 aromatic heterocycles. The van der Waals surface area contributed by atoms with E-state index in [0.29, 0.717) is 0 Å². The molecule has 1 aliphatic rings. The Kier molecular flexibility index (Phi) is 3.44. The van der Waals surface area contributed by atoms with Gasteiger partial charge in [-0.3, -0.25) is 4.90 Å². The van der Waals surface area contributed by atoms with Gasteiger partial charge >= 0.3 is 0 Å². The maximum absolute atomic E-state index is 5.51. The first kappa shape index (κ1) is 10.7. The summed E-state index contributed by atoms with van der Waals surface area (Å²) in [5, 5.41) is 3.48. The molecule has 0 radical (unpaired) electrons. The van der Waals surface area contributed by atoms with Gasteiger partial charge in [-0.25, -0.2) is 0 Å². The average Bonchev–Trinajstić information content (AvgIpc) is 2.97. The topological polar surface area (TPSA) is 28.4 Å². The molecule has 1 N–H and O–H groups in total. The summed E-state index contributed by atoms with van der Waals surface area (Å²) in [6.07, 6.45) is 4.54. The van der Waals surface area contributed by atoms with Gasteiger partial charge in [-0.1, -0.05) is 6.92 Å². The van der Waals surface area contributed by atoms with Crippen LogP contribution in [0, 0.1) is 0 Å². The predicted molar refractivity (Wildman–Crippen MR) is 60.6 cm³/mol. The van der Waals surface area contributed by atoms with Crippen LogP contribution in [0.15, 0.2) is 16.7 Å². The zero-order valence-electron chi connectivity index (χ0n) is 9.62. The highest BCUT2D eigenvalue weighted by Gasteiger charge is 2.20. The molecule has 3 heteroatoms. The molecule has 0 aliphatic heterocycles. The Labute approximate surface area is 91.4 Å². The van der Waals surface area contributed by atoms with E-state index in [9.17, 15) is 0 Å². The van der Waals surface area contributed by atoms with E-state index in [-0.39, 0.29) is 0 Å². The molecule has 2 rings (SSSR count). The molecule has 0 spiro atoms. The highest BCUT2D eigenvalue weighted by atomic mass is 16.3. The van der Waals surface area contributed by atoms with E-state index in [4.69, 9.17) is 4.42 Å². The number of nitrogens with one attached hydrogen (secondary N) is 1. The highest BCUT2D eigenvalue weighted by molar-refractivity contribution is 5.13. The lowest BCUT2D eigenvalue weighted by atomic mass is 10.3. The zero-order chi connectivity index (χ0) is 10.7. The van der Waals surface area contributed by atoms with Crippen LogP contribution in [0.2, 0.25) is 0 Å². The minimum atomic E-state index is 0.765. The van der Waals surface area contributed by atoms with E-state index in [2.05, 4.69) is 30.3 Å². The molecule has 15 heavy (non-hydrogen) atoms. The minimum Gasteiger partial charge on any atom is -0.468 e. The summed E-state index contributed by atoms with van der Waals surface area (Å²) in [5.74, 6) is 1.06. The fourth-order valence-corrected chi connectivity index (χ4v) is 1.53. The van der Waals surface area contributed by atoms with Crippen LogP contribution in [0.25, 0.3) is 0 Å². The van der Waals surface area contributed by atoms with E-state index in [1.165, 1.54) is 18.4 Å². The molecule has 0 atom stereocenters. The predicted octanol–water partition coefficient (Wildman–Crippen LogP) is 1.98. The van der Waals surface area contributed by atoms with Crippen molar-refractivity contribution in [3.05, 3.63) is 23.7 Å². The molecule has 1 saturated carbocycles. The summed E-state index contributed by atoms with van der Waals surface area (Å²) < 4.78 is 5.51. The number of nitrogens with zero attached hydrogens (tertiary/aromatic N) is 1. The van der Waals surface area contributed by atoms with Gasteiger partial charge in [0.15, 0.2) is 0 Å². The van der Waals surface area contributed by atoms with Crippen LogP contribution in [0.4, 0.5) is 0 Å². The molecular formula is C12H20N2O.